The Labute approximate surface area is 154 Å². The van der Waals surface area contributed by atoms with E-state index in [-0.39, 0.29) is 24.3 Å². The smallest absolute Gasteiger partial charge is 0.253 e. The maximum absolute atomic E-state index is 12.6. The van der Waals surface area contributed by atoms with Crippen LogP contribution in [0.1, 0.15) is 43.0 Å². The molecule has 140 valence electrons. The molecule has 0 aromatic heterocycles. The highest BCUT2D eigenvalue weighted by atomic mass is 16.2. The number of hydrogen-bond donors (Lipinski definition) is 1. The first-order valence-electron chi connectivity index (χ1n) is 9.15. The standard InChI is InChI=1S/C20H27N3O3/c1-3-19(25)22(4-2)15-18(24)21-17-11-9-16(10-12-17)20(26)23-13-7-5-6-8-14-23/h3,9-12H,1,4-8,13-15H2,2H3,(H,21,24). The first-order chi connectivity index (χ1) is 12.5. The van der Waals surface area contributed by atoms with Gasteiger partial charge in [-0.05, 0) is 50.1 Å². The number of nitrogens with zero attached hydrogens (tertiary/aromatic N) is 2. The summed E-state index contributed by atoms with van der Waals surface area (Å²) in [6, 6.07) is 6.90. The van der Waals surface area contributed by atoms with Crippen molar-refractivity contribution in [1.29, 1.82) is 0 Å². The fraction of sp³-hybridized carbons (Fsp3) is 0.450. The molecule has 6 heteroatoms. The molecule has 1 aliphatic heterocycles. The van der Waals surface area contributed by atoms with Crippen molar-refractivity contribution in [1.82, 2.24) is 9.80 Å². The lowest BCUT2D eigenvalue weighted by Gasteiger charge is -2.20. The molecule has 1 aromatic carbocycles. The minimum Gasteiger partial charge on any atom is -0.339 e. The summed E-state index contributed by atoms with van der Waals surface area (Å²) in [6.07, 6.45) is 5.66. The van der Waals surface area contributed by atoms with E-state index in [1.165, 1.54) is 23.8 Å². The number of rotatable bonds is 6. The van der Waals surface area contributed by atoms with Crippen LogP contribution in [-0.2, 0) is 9.59 Å². The van der Waals surface area contributed by atoms with Crippen molar-refractivity contribution >= 4 is 23.4 Å². The number of benzene rings is 1. The number of likely N-dealkylation sites (N-methyl/N-ethyl adjacent to an activating group) is 1. The Balaban J connectivity index is 1.94. The Morgan fingerprint density at radius 3 is 2.27 bits per heavy atom. The van der Waals surface area contributed by atoms with Crippen molar-refractivity contribution in [2.75, 3.05) is 31.5 Å². The molecular weight excluding hydrogens is 330 g/mol. The molecule has 1 heterocycles. The van der Waals surface area contributed by atoms with Gasteiger partial charge in [-0.2, -0.15) is 0 Å². The van der Waals surface area contributed by atoms with Gasteiger partial charge in [-0.25, -0.2) is 0 Å². The summed E-state index contributed by atoms with van der Waals surface area (Å²) in [5.41, 5.74) is 1.23. The molecule has 0 saturated carbocycles. The van der Waals surface area contributed by atoms with Crippen molar-refractivity contribution in [3.05, 3.63) is 42.5 Å². The zero-order valence-corrected chi connectivity index (χ0v) is 15.4. The average molecular weight is 357 g/mol. The molecule has 26 heavy (non-hydrogen) atoms. The van der Waals surface area contributed by atoms with Crippen LogP contribution in [0.3, 0.4) is 0 Å². The molecule has 1 saturated heterocycles. The van der Waals surface area contributed by atoms with Crippen molar-refractivity contribution < 1.29 is 14.4 Å². The van der Waals surface area contributed by atoms with Crippen molar-refractivity contribution in [3.8, 4) is 0 Å². The number of hydrogen-bond acceptors (Lipinski definition) is 3. The van der Waals surface area contributed by atoms with E-state index < -0.39 is 0 Å². The molecule has 3 amide bonds. The van der Waals surface area contributed by atoms with Crippen LogP contribution in [0, 0.1) is 0 Å². The van der Waals surface area contributed by atoms with Gasteiger partial charge in [-0.1, -0.05) is 19.4 Å². The maximum atomic E-state index is 12.6. The van der Waals surface area contributed by atoms with Crippen LogP contribution in [0.4, 0.5) is 5.69 Å². The zero-order valence-electron chi connectivity index (χ0n) is 15.4. The highest BCUT2D eigenvalue weighted by Gasteiger charge is 2.17. The number of likely N-dealkylation sites (tertiary alicyclic amines) is 1. The van der Waals surface area contributed by atoms with Crippen LogP contribution < -0.4 is 5.32 Å². The Morgan fingerprint density at radius 1 is 1.12 bits per heavy atom. The van der Waals surface area contributed by atoms with Gasteiger partial charge in [0.25, 0.3) is 5.91 Å². The molecular formula is C20H27N3O3. The van der Waals surface area contributed by atoms with E-state index in [9.17, 15) is 14.4 Å². The first kappa shape index (κ1) is 19.7. The minimum atomic E-state index is -0.284. The van der Waals surface area contributed by atoms with Gasteiger partial charge < -0.3 is 15.1 Å². The first-order valence-corrected chi connectivity index (χ1v) is 9.15. The van der Waals surface area contributed by atoms with E-state index in [0.717, 1.165) is 25.9 Å². The van der Waals surface area contributed by atoms with E-state index in [1.54, 1.807) is 31.2 Å². The molecule has 0 aliphatic carbocycles. The van der Waals surface area contributed by atoms with Crippen LogP contribution in [0.5, 0.6) is 0 Å². The van der Waals surface area contributed by atoms with Gasteiger partial charge in [0.1, 0.15) is 6.54 Å². The highest BCUT2D eigenvalue weighted by molar-refractivity contribution is 5.98. The van der Waals surface area contributed by atoms with E-state index in [2.05, 4.69) is 11.9 Å². The normalized spacial score (nSPS) is 14.3. The van der Waals surface area contributed by atoms with E-state index in [1.807, 2.05) is 4.90 Å². The maximum Gasteiger partial charge on any atom is 0.253 e. The second-order valence-corrected chi connectivity index (χ2v) is 6.39. The lowest BCUT2D eigenvalue weighted by molar-refractivity contribution is -0.130. The number of anilines is 1. The van der Waals surface area contributed by atoms with Crippen LogP contribution in [0.25, 0.3) is 0 Å². The number of carbonyl (C=O) groups is 3. The van der Waals surface area contributed by atoms with Gasteiger partial charge in [0.15, 0.2) is 0 Å². The second-order valence-electron chi connectivity index (χ2n) is 6.39. The Hall–Kier alpha value is -2.63. The third-order valence-corrected chi connectivity index (χ3v) is 4.51. The fourth-order valence-corrected chi connectivity index (χ4v) is 3.00. The van der Waals surface area contributed by atoms with Gasteiger partial charge in [0.05, 0.1) is 0 Å². The van der Waals surface area contributed by atoms with Gasteiger partial charge in [-0.15, -0.1) is 0 Å². The molecule has 0 spiro atoms. The Kier molecular flexibility index (Phi) is 7.38. The third-order valence-electron chi connectivity index (χ3n) is 4.51. The molecule has 0 atom stereocenters. The predicted octanol–water partition coefficient (Wildman–Crippen LogP) is 2.68. The fourth-order valence-electron chi connectivity index (χ4n) is 3.00. The minimum absolute atomic E-state index is 0.0319. The van der Waals surface area contributed by atoms with Gasteiger partial charge in [0.2, 0.25) is 11.8 Å². The summed E-state index contributed by atoms with van der Waals surface area (Å²) in [6.45, 7) is 7.25. The summed E-state index contributed by atoms with van der Waals surface area (Å²) >= 11 is 0. The Bertz CT molecular complexity index is 647. The lowest BCUT2D eigenvalue weighted by Crippen LogP contribution is -2.36. The van der Waals surface area contributed by atoms with Crippen molar-refractivity contribution in [3.63, 3.8) is 0 Å². The highest BCUT2D eigenvalue weighted by Crippen LogP contribution is 2.15. The topological polar surface area (TPSA) is 69.7 Å². The third kappa shape index (κ3) is 5.44. The molecule has 1 fully saturated rings. The summed E-state index contributed by atoms with van der Waals surface area (Å²) in [7, 11) is 0. The lowest BCUT2D eigenvalue weighted by atomic mass is 10.1. The molecule has 0 radical (unpaired) electrons. The Morgan fingerprint density at radius 2 is 1.73 bits per heavy atom. The van der Waals surface area contributed by atoms with E-state index in [4.69, 9.17) is 0 Å². The van der Waals surface area contributed by atoms with Gasteiger partial charge in [0, 0.05) is 30.9 Å². The quantitative estimate of drug-likeness (QED) is 0.796. The predicted molar refractivity (Wildman–Crippen MR) is 102 cm³/mol. The van der Waals surface area contributed by atoms with Crippen molar-refractivity contribution in [2.45, 2.75) is 32.6 Å². The molecule has 0 bridgehead atoms. The van der Waals surface area contributed by atoms with Crippen LogP contribution in [-0.4, -0.2) is 53.7 Å². The summed E-state index contributed by atoms with van der Waals surface area (Å²) in [4.78, 5) is 39.6. The SMILES string of the molecule is C=CC(=O)N(CC)CC(=O)Nc1ccc(C(=O)N2CCCCCC2)cc1. The molecule has 1 N–H and O–H groups in total. The molecule has 1 aromatic rings. The second kappa shape index (κ2) is 9.75. The van der Waals surface area contributed by atoms with Gasteiger partial charge in [-0.3, -0.25) is 14.4 Å². The summed E-state index contributed by atoms with van der Waals surface area (Å²) in [5.74, 6) is -0.520. The van der Waals surface area contributed by atoms with Gasteiger partial charge >= 0.3 is 0 Å². The molecule has 0 unspecified atom stereocenters. The molecule has 1 aliphatic rings. The van der Waals surface area contributed by atoms with E-state index in [0.29, 0.717) is 17.8 Å². The van der Waals surface area contributed by atoms with Crippen molar-refractivity contribution in [2.24, 2.45) is 0 Å². The largest absolute Gasteiger partial charge is 0.339 e. The van der Waals surface area contributed by atoms with Crippen LogP contribution in [0.2, 0.25) is 0 Å². The van der Waals surface area contributed by atoms with Crippen LogP contribution >= 0.6 is 0 Å². The summed E-state index contributed by atoms with van der Waals surface area (Å²) < 4.78 is 0. The monoisotopic (exact) mass is 357 g/mol. The number of carbonyl (C=O) groups excluding carboxylic acids is 3. The van der Waals surface area contributed by atoms with Crippen LogP contribution in [0.15, 0.2) is 36.9 Å². The average Bonchev–Trinajstić information content (AvgIpc) is 2.95. The molecule has 6 nitrogen and oxygen atoms in total. The number of nitrogens with one attached hydrogen (secondary N) is 1. The van der Waals surface area contributed by atoms with E-state index >= 15 is 0 Å². The molecule has 2 rings (SSSR count). The number of amides is 3. The zero-order chi connectivity index (χ0) is 18.9. The summed E-state index contributed by atoms with van der Waals surface area (Å²) in [5, 5.41) is 2.75.